The minimum Gasteiger partial charge on any atom is -0.505 e. The van der Waals surface area contributed by atoms with E-state index >= 15 is 0 Å². The van der Waals surface area contributed by atoms with Crippen molar-refractivity contribution in [3.8, 4) is 5.75 Å². The summed E-state index contributed by atoms with van der Waals surface area (Å²) in [5, 5.41) is 9.40. The summed E-state index contributed by atoms with van der Waals surface area (Å²) in [5.41, 5.74) is 0. The summed E-state index contributed by atoms with van der Waals surface area (Å²) < 4.78 is 37.8. The SMILES string of the molecule is Oc1cc2sc(C(F)F)cc2cc1F. The maximum atomic E-state index is 12.8. The summed E-state index contributed by atoms with van der Waals surface area (Å²) in [4.78, 5) is -0.120. The molecule has 0 saturated carbocycles. The van der Waals surface area contributed by atoms with Crippen LogP contribution in [0.5, 0.6) is 5.75 Å². The average molecular weight is 218 g/mol. The molecule has 0 aliphatic heterocycles. The van der Waals surface area contributed by atoms with Crippen molar-refractivity contribution in [1.29, 1.82) is 0 Å². The molecular weight excluding hydrogens is 213 g/mol. The molecule has 74 valence electrons. The van der Waals surface area contributed by atoms with Crippen LogP contribution in [0.4, 0.5) is 13.2 Å². The van der Waals surface area contributed by atoms with E-state index < -0.39 is 18.0 Å². The van der Waals surface area contributed by atoms with E-state index in [9.17, 15) is 13.2 Å². The van der Waals surface area contributed by atoms with Gasteiger partial charge in [0, 0.05) is 10.8 Å². The molecule has 1 heterocycles. The zero-order valence-electron chi connectivity index (χ0n) is 6.80. The molecule has 0 bridgehead atoms. The molecule has 0 fully saturated rings. The quantitative estimate of drug-likeness (QED) is 0.774. The van der Waals surface area contributed by atoms with Crippen molar-refractivity contribution >= 4 is 21.4 Å². The fourth-order valence-corrected chi connectivity index (χ4v) is 2.11. The van der Waals surface area contributed by atoms with Crippen LogP contribution in [0.1, 0.15) is 11.3 Å². The van der Waals surface area contributed by atoms with E-state index in [1.807, 2.05) is 0 Å². The van der Waals surface area contributed by atoms with Crippen molar-refractivity contribution in [2.45, 2.75) is 6.43 Å². The average Bonchev–Trinajstić information content (AvgIpc) is 2.48. The highest BCUT2D eigenvalue weighted by molar-refractivity contribution is 7.19. The molecule has 2 rings (SSSR count). The normalized spacial score (nSPS) is 11.4. The van der Waals surface area contributed by atoms with E-state index in [1.54, 1.807) is 0 Å². The van der Waals surface area contributed by atoms with Crippen LogP contribution in [0, 0.1) is 5.82 Å². The first-order chi connectivity index (χ1) is 6.58. The van der Waals surface area contributed by atoms with E-state index in [1.165, 1.54) is 6.07 Å². The van der Waals surface area contributed by atoms with Gasteiger partial charge >= 0.3 is 0 Å². The molecule has 14 heavy (non-hydrogen) atoms. The Hall–Kier alpha value is -1.23. The van der Waals surface area contributed by atoms with Crippen LogP contribution in [-0.2, 0) is 0 Å². The number of thiophene rings is 1. The standard InChI is InChI=1S/C9H5F3OS/c10-5-1-4-2-8(9(11)12)14-7(4)3-6(5)13/h1-3,9,13H. The Morgan fingerprint density at radius 3 is 2.57 bits per heavy atom. The predicted molar refractivity (Wildman–Crippen MR) is 48.4 cm³/mol. The largest absolute Gasteiger partial charge is 0.505 e. The number of hydrogen-bond donors (Lipinski definition) is 1. The van der Waals surface area contributed by atoms with Crippen LogP contribution in [0.2, 0.25) is 0 Å². The molecule has 0 aliphatic rings. The predicted octanol–water partition coefficient (Wildman–Crippen LogP) is 3.68. The van der Waals surface area contributed by atoms with Crippen molar-refractivity contribution in [2.24, 2.45) is 0 Å². The molecule has 0 spiro atoms. The van der Waals surface area contributed by atoms with Crippen LogP contribution < -0.4 is 0 Å². The summed E-state index contributed by atoms with van der Waals surface area (Å²) in [7, 11) is 0. The summed E-state index contributed by atoms with van der Waals surface area (Å²) in [6, 6.07) is 3.43. The molecule has 1 nitrogen and oxygen atoms in total. The molecule has 0 atom stereocenters. The number of alkyl halides is 2. The third kappa shape index (κ3) is 1.43. The Morgan fingerprint density at radius 2 is 1.93 bits per heavy atom. The van der Waals surface area contributed by atoms with Crippen LogP contribution >= 0.6 is 11.3 Å². The van der Waals surface area contributed by atoms with Gasteiger partial charge in [-0.15, -0.1) is 11.3 Å². The molecule has 0 aliphatic carbocycles. The third-order valence-corrected chi connectivity index (χ3v) is 2.93. The Labute approximate surface area is 81.4 Å². The monoisotopic (exact) mass is 218 g/mol. The number of aromatic hydroxyl groups is 1. The van der Waals surface area contributed by atoms with Gasteiger partial charge in [-0.3, -0.25) is 0 Å². The summed E-state index contributed by atoms with van der Waals surface area (Å²) >= 11 is 0.852. The van der Waals surface area contributed by atoms with Gasteiger partial charge in [-0.05, 0) is 17.5 Å². The van der Waals surface area contributed by atoms with Crippen molar-refractivity contribution in [3.63, 3.8) is 0 Å². The lowest BCUT2D eigenvalue weighted by atomic mass is 10.2. The van der Waals surface area contributed by atoms with E-state index in [4.69, 9.17) is 5.11 Å². The lowest BCUT2D eigenvalue weighted by Gasteiger charge is -1.93. The zero-order valence-corrected chi connectivity index (χ0v) is 7.62. The molecule has 5 heteroatoms. The number of phenolic OH excluding ortho intramolecular Hbond substituents is 1. The maximum Gasteiger partial charge on any atom is 0.272 e. The number of hydrogen-bond acceptors (Lipinski definition) is 2. The number of phenols is 1. The van der Waals surface area contributed by atoms with Crippen LogP contribution in [0.15, 0.2) is 18.2 Å². The van der Waals surface area contributed by atoms with Crippen molar-refractivity contribution in [3.05, 3.63) is 28.9 Å². The first kappa shape index (κ1) is 9.33. The van der Waals surface area contributed by atoms with Gasteiger partial charge in [0.15, 0.2) is 11.6 Å². The third-order valence-electron chi connectivity index (χ3n) is 1.82. The summed E-state index contributed by atoms with van der Waals surface area (Å²) in [5.74, 6) is -1.31. The van der Waals surface area contributed by atoms with Gasteiger partial charge in [0.2, 0.25) is 0 Å². The summed E-state index contributed by atoms with van der Waals surface area (Å²) in [6.07, 6.45) is -2.56. The second kappa shape index (κ2) is 3.16. The molecule has 0 amide bonds. The van der Waals surface area contributed by atoms with Gasteiger partial charge in [0.1, 0.15) is 0 Å². The molecule has 1 N–H and O–H groups in total. The van der Waals surface area contributed by atoms with Crippen molar-refractivity contribution in [1.82, 2.24) is 0 Å². The fourth-order valence-electron chi connectivity index (χ4n) is 1.18. The Bertz CT molecular complexity index is 439. The maximum absolute atomic E-state index is 12.8. The highest BCUT2D eigenvalue weighted by Gasteiger charge is 2.13. The van der Waals surface area contributed by atoms with E-state index in [0.29, 0.717) is 10.1 Å². The van der Waals surface area contributed by atoms with Crippen LogP contribution in [-0.4, -0.2) is 5.11 Å². The van der Waals surface area contributed by atoms with Gasteiger partial charge in [0.05, 0.1) is 4.88 Å². The number of benzene rings is 1. The molecule has 0 radical (unpaired) electrons. The zero-order chi connectivity index (χ0) is 10.3. The second-order valence-electron chi connectivity index (χ2n) is 2.79. The van der Waals surface area contributed by atoms with Crippen molar-refractivity contribution in [2.75, 3.05) is 0 Å². The van der Waals surface area contributed by atoms with Gasteiger partial charge in [-0.25, -0.2) is 13.2 Å². The van der Waals surface area contributed by atoms with Gasteiger partial charge < -0.3 is 5.11 Å². The molecule has 2 aromatic rings. The Morgan fingerprint density at radius 1 is 1.21 bits per heavy atom. The molecule has 1 aromatic heterocycles. The Kier molecular flexibility index (Phi) is 2.11. The summed E-state index contributed by atoms with van der Waals surface area (Å²) in [6.45, 7) is 0. The van der Waals surface area contributed by atoms with Gasteiger partial charge in [-0.2, -0.15) is 0 Å². The van der Waals surface area contributed by atoms with E-state index in [0.717, 1.165) is 23.5 Å². The topological polar surface area (TPSA) is 20.2 Å². The lowest BCUT2D eigenvalue weighted by molar-refractivity contribution is 0.156. The number of halogens is 3. The first-order valence-corrected chi connectivity index (χ1v) is 4.59. The lowest BCUT2D eigenvalue weighted by Crippen LogP contribution is -1.74. The fraction of sp³-hybridized carbons (Fsp3) is 0.111. The van der Waals surface area contributed by atoms with Crippen LogP contribution in [0.3, 0.4) is 0 Å². The number of fused-ring (bicyclic) bond motifs is 1. The minimum absolute atomic E-state index is 0.120. The Balaban J connectivity index is 2.66. The van der Waals surface area contributed by atoms with Gasteiger partial charge in [0.25, 0.3) is 6.43 Å². The molecule has 0 saturated heterocycles. The minimum atomic E-state index is -2.56. The molecule has 1 aromatic carbocycles. The second-order valence-corrected chi connectivity index (χ2v) is 3.91. The van der Waals surface area contributed by atoms with Crippen LogP contribution in [0.25, 0.3) is 10.1 Å². The first-order valence-electron chi connectivity index (χ1n) is 3.78. The van der Waals surface area contributed by atoms with E-state index in [2.05, 4.69) is 0 Å². The van der Waals surface area contributed by atoms with Crippen molar-refractivity contribution < 1.29 is 18.3 Å². The highest BCUT2D eigenvalue weighted by Crippen LogP contribution is 2.35. The molecule has 0 unspecified atom stereocenters. The van der Waals surface area contributed by atoms with Gasteiger partial charge in [-0.1, -0.05) is 0 Å². The highest BCUT2D eigenvalue weighted by atomic mass is 32.1. The number of rotatable bonds is 1. The van der Waals surface area contributed by atoms with E-state index in [-0.39, 0.29) is 4.88 Å². The molecular formula is C9H5F3OS. The smallest absolute Gasteiger partial charge is 0.272 e.